The Morgan fingerprint density at radius 2 is 1.64 bits per heavy atom. The Labute approximate surface area is 148 Å². The van der Waals surface area contributed by atoms with Gasteiger partial charge in [0.1, 0.15) is 0 Å². The highest BCUT2D eigenvalue weighted by atomic mass is 16.5. The standard InChI is InChI=1S/C20H24N2O3/c23-15-20(10-11-20)14-21-19(24)22-18-8-6-17(7-9-18)13-25-12-16-4-2-1-3-5-16/h1-9,23H,10-15H2,(H2,21,22,24). The van der Waals surface area contributed by atoms with Gasteiger partial charge in [0.05, 0.1) is 19.8 Å². The van der Waals surface area contributed by atoms with Crippen LogP contribution in [0.5, 0.6) is 0 Å². The molecule has 0 radical (unpaired) electrons. The molecule has 5 heteroatoms. The fraction of sp³-hybridized carbons (Fsp3) is 0.350. The summed E-state index contributed by atoms with van der Waals surface area (Å²) < 4.78 is 5.70. The van der Waals surface area contributed by atoms with Crippen molar-refractivity contribution in [2.75, 3.05) is 18.5 Å². The normalized spacial score (nSPS) is 14.8. The average molecular weight is 340 g/mol. The molecule has 0 unspecified atom stereocenters. The van der Waals surface area contributed by atoms with Gasteiger partial charge in [-0.25, -0.2) is 4.79 Å². The van der Waals surface area contributed by atoms with Gasteiger partial charge in [0.15, 0.2) is 0 Å². The lowest BCUT2D eigenvalue weighted by atomic mass is 10.1. The number of urea groups is 1. The lowest BCUT2D eigenvalue weighted by Gasteiger charge is -2.13. The van der Waals surface area contributed by atoms with Crippen LogP contribution in [0.25, 0.3) is 0 Å². The van der Waals surface area contributed by atoms with E-state index in [2.05, 4.69) is 10.6 Å². The van der Waals surface area contributed by atoms with Crippen LogP contribution in [0.1, 0.15) is 24.0 Å². The zero-order valence-corrected chi connectivity index (χ0v) is 14.2. The molecule has 1 aliphatic rings. The second kappa shape index (κ2) is 8.14. The van der Waals surface area contributed by atoms with Crippen molar-refractivity contribution in [3.8, 4) is 0 Å². The van der Waals surface area contributed by atoms with E-state index in [9.17, 15) is 9.90 Å². The van der Waals surface area contributed by atoms with E-state index in [1.54, 1.807) is 0 Å². The number of ether oxygens (including phenoxy) is 1. The van der Waals surface area contributed by atoms with E-state index >= 15 is 0 Å². The molecule has 0 spiro atoms. The van der Waals surface area contributed by atoms with Crippen molar-refractivity contribution in [3.05, 3.63) is 65.7 Å². The molecule has 0 bridgehead atoms. The molecule has 2 aromatic carbocycles. The van der Waals surface area contributed by atoms with Crippen molar-refractivity contribution in [2.24, 2.45) is 5.41 Å². The molecule has 0 aliphatic heterocycles. The fourth-order valence-corrected chi connectivity index (χ4v) is 2.56. The summed E-state index contributed by atoms with van der Waals surface area (Å²) in [7, 11) is 0. The molecule has 2 amide bonds. The summed E-state index contributed by atoms with van der Waals surface area (Å²) in [6.07, 6.45) is 1.95. The van der Waals surface area contributed by atoms with Gasteiger partial charge in [-0.3, -0.25) is 0 Å². The zero-order valence-electron chi connectivity index (χ0n) is 14.2. The monoisotopic (exact) mass is 340 g/mol. The topological polar surface area (TPSA) is 70.6 Å². The van der Waals surface area contributed by atoms with Crippen LogP contribution in [0.2, 0.25) is 0 Å². The molecule has 3 rings (SSSR count). The summed E-state index contributed by atoms with van der Waals surface area (Å²) in [6, 6.07) is 17.4. The minimum atomic E-state index is -0.243. The first-order chi connectivity index (χ1) is 12.2. The van der Waals surface area contributed by atoms with Gasteiger partial charge in [-0.1, -0.05) is 42.5 Å². The Kier molecular flexibility index (Phi) is 5.68. The van der Waals surface area contributed by atoms with Gasteiger partial charge in [-0.05, 0) is 36.1 Å². The van der Waals surface area contributed by atoms with E-state index in [1.807, 2.05) is 54.6 Å². The lowest BCUT2D eigenvalue weighted by Crippen LogP contribution is -2.35. The van der Waals surface area contributed by atoms with Crippen molar-refractivity contribution in [1.29, 1.82) is 0 Å². The first-order valence-corrected chi connectivity index (χ1v) is 8.55. The highest BCUT2D eigenvalue weighted by Crippen LogP contribution is 2.44. The second-order valence-electron chi connectivity index (χ2n) is 6.64. The number of rotatable bonds is 8. The number of aliphatic hydroxyl groups excluding tert-OH is 1. The summed E-state index contributed by atoms with van der Waals surface area (Å²) in [4.78, 5) is 11.9. The highest BCUT2D eigenvalue weighted by molar-refractivity contribution is 5.89. The number of carbonyl (C=O) groups is 1. The summed E-state index contributed by atoms with van der Waals surface area (Å²) in [5, 5.41) is 14.9. The van der Waals surface area contributed by atoms with Crippen LogP contribution in [0.4, 0.5) is 10.5 Å². The Hall–Kier alpha value is -2.37. The quantitative estimate of drug-likeness (QED) is 0.690. The van der Waals surface area contributed by atoms with Gasteiger partial charge in [0, 0.05) is 17.6 Å². The van der Waals surface area contributed by atoms with Crippen LogP contribution in [-0.4, -0.2) is 24.3 Å². The number of carbonyl (C=O) groups excluding carboxylic acids is 1. The Morgan fingerprint density at radius 1 is 1.00 bits per heavy atom. The van der Waals surface area contributed by atoms with Crippen molar-refractivity contribution < 1.29 is 14.6 Å². The largest absolute Gasteiger partial charge is 0.396 e. The van der Waals surface area contributed by atoms with E-state index in [4.69, 9.17) is 4.74 Å². The third-order valence-electron chi connectivity index (χ3n) is 4.51. The third-order valence-corrected chi connectivity index (χ3v) is 4.51. The van der Waals surface area contributed by atoms with Gasteiger partial charge < -0.3 is 20.5 Å². The van der Waals surface area contributed by atoms with Gasteiger partial charge in [0.25, 0.3) is 0 Å². The predicted molar refractivity (Wildman–Crippen MR) is 97.2 cm³/mol. The van der Waals surface area contributed by atoms with E-state index in [0.717, 1.165) is 29.7 Å². The molecule has 1 fully saturated rings. The summed E-state index contributed by atoms with van der Waals surface area (Å²) in [5.74, 6) is 0. The van der Waals surface area contributed by atoms with E-state index < -0.39 is 0 Å². The van der Waals surface area contributed by atoms with Crippen molar-refractivity contribution in [2.45, 2.75) is 26.1 Å². The maximum Gasteiger partial charge on any atom is 0.319 e. The third kappa shape index (κ3) is 5.31. The summed E-state index contributed by atoms with van der Waals surface area (Å²) >= 11 is 0. The smallest absolute Gasteiger partial charge is 0.319 e. The molecule has 0 atom stereocenters. The fourth-order valence-electron chi connectivity index (χ4n) is 2.56. The van der Waals surface area contributed by atoms with Crippen LogP contribution in [0.3, 0.4) is 0 Å². The van der Waals surface area contributed by atoms with Crippen LogP contribution in [-0.2, 0) is 18.0 Å². The maximum absolute atomic E-state index is 11.9. The second-order valence-corrected chi connectivity index (χ2v) is 6.64. The summed E-state index contributed by atoms with van der Waals surface area (Å²) in [6.45, 7) is 1.75. The first-order valence-electron chi connectivity index (χ1n) is 8.55. The number of amides is 2. The molecule has 1 saturated carbocycles. The molecule has 25 heavy (non-hydrogen) atoms. The van der Waals surface area contributed by atoms with Crippen molar-refractivity contribution in [3.63, 3.8) is 0 Å². The molecule has 0 aromatic heterocycles. The molecular formula is C20H24N2O3. The minimum absolute atomic E-state index is 0.0860. The number of nitrogens with one attached hydrogen (secondary N) is 2. The van der Waals surface area contributed by atoms with Crippen LogP contribution < -0.4 is 10.6 Å². The Morgan fingerprint density at radius 3 is 2.24 bits per heavy atom. The molecule has 3 N–H and O–H groups in total. The Bertz CT molecular complexity index is 682. The van der Waals surface area contributed by atoms with Gasteiger partial charge in [-0.15, -0.1) is 0 Å². The average Bonchev–Trinajstić information content (AvgIpc) is 3.43. The van der Waals surface area contributed by atoms with Gasteiger partial charge in [-0.2, -0.15) is 0 Å². The SMILES string of the molecule is O=C(NCC1(CO)CC1)Nc1ccc(COCc2ccccc2)cc1. The number of hydrogen-bond acceptors (Lipinski definition) is 3. The summed E-state index contributed by atoms with van der Waals surface area (Å²) in [5.41, 5.74) is 2.85. The Balaban J connectivity index is 1.40. The van der Waals surface area contributed by atoms with Crippen molar-refractivity contribution >= 4 is 11.7 Å². The molecular weight excluding hydrogens is 316 g/mol. The molecule has 2 aromatic rings. The van der Waals surface area contributed by atoms with E-state index in [-0.39, 0.29) is 18.1 Å². The number of anilines is 1. The number of benzene rings is 2. The maximum atomic E-state index is 11.9. The first kappa shape index (κ1) is 17.5. The van der Waals surface area contributed by atoms with E-state index in [0.29, 0.717) is 19.8 Å². The van der Waals surface area contributed by atoms with Crippen LogP contribution in [0.15, 0.2) is 54.6 Å². The lowest BCUT2D eigenvalue weighted by molar-refractivity contribution is 0.107. The van der Waals surface area contributed by atoms with Gasteiger partial charge in [0.2, 0.25) is 0 Å². The van der Waals surface area contributed by atoms with Crippen LogP contribution in [0, 0.1) is 5.41 Å². The molecule has 0 saturated heterocycles. The number of hydrogen-bond donors (Lipinski definition) is 3. The highest BCUT2D eigenvalue weighted by Gasteiger charge is 2.42. The molecule has 1 aliphatic carbocycles. The zero-order chi connectivity index (χ0) is 17.5. The molecule has 132 valence electrons. The molecule has 0 heterocycles. The predicted octanol–water partition coefficient (Wildman–Crippen LogP) is 3.30. The molecule has 5 nitrogen and oxygen atoms in total. The van der Waals surface area contributed by atoms with E-state index in [1.165, 1.54) is 0 Å². The van der Waals surface area contributed by atoms with Gasteiger partial charge >= 0.3 is 6.03 Å². The minimum Gasteiger partial charge on any atom is -0.396 e. The van der Waals surface area contributed by atoms with Crippen LogP contribution >= 0.6 is 0 Å². The van der Waals surface area contributed by atoms with Crippen molar-refractivity contribution in [1.82, 2.24) is 5.32 Å². The number of aliphatic hydroxyl groups is 1.